The second-order valence-corrected chi connectivity index (χ2v) is 6.82. The van der Waals surface area contributed by atoms with Gasteiger partial charge in [0.15, 0.2) is 5.76 Å². The number of furan rings is 1. The molecule has 1 saturated heterocycles. The van der Waals surface area contributed by atoms with E-state index in [-0.39, 0.29) is 24.4 Å². The highest BCUT2D eigenvalue weighted by Crippen LogP contribution is 2.20. The fourth-order valence-corrected chi connectivity index (χ4v) is 3.19. The molecule has 0 saturated carbocycles. The number of carbonyl (C=O) groups excluding carboxylic acids is 1. The first kappa shape index (κ1) is 19.8. The standard InChI is InChI=1S/C18H21BrN2O3.ClH/c1-21(14-7-9-20-10-8-14)18(22)17-6-5-16(24-17)12-23-15-4-2-3-13(19)11-15;/h2-6,11,14,20H,7-10,12H2,1H3;1H. The summed E-state index contributed by atoms with van der Waals surface area (Å²) in [5.74, 6) is 1.68. The summed E-state index contributed by atoms with van der Waals surface area (Å²) in [4.78, 5) is 14.3. The van der Waals surface area contributed by atoms with Crippen LogP contribution in [-0.4, -0.2) is 37.0 Å². The zero-order valence-corrected chi connectivity index (χ0v) is 16.4. The minimum atomic E-state index is -0.0735. The third kappa shape index (κ3) is 5.23. The van der Waals surface area contributed by atoms with E-state index in [9.17, 15) is 4.79 Å². The lowest BCUT2D eigenvalue weighted by Gasteiger charge is -2.31. The number of hydrogen-bond donors (Lipinski definition) is 1. The fourth-order valence-electron chi connectivity index (χ4n) is 2.82. The number of piperidine rings is 1. The molecule has 1 N–H and O–H groups in total. The molecule has 2 aromatic rings. The molecule has 0 spiro atoms. The second-order valence-electron chi connectivity index (χ2n) is 5.91. The molecule has 0 radical (unpaired) electrons. The molecule has 136 valence electrons. The SMILES string of the molecule is CN(C(=O)c1ccc(COc2cccc(Br)c2)o1)C1CCNCC1.Cl. The molecule has 7 heteroatoms. The monoisotopic (exact) mass is 428 g/mol. The molecule has 0 unspecified atom stereocenters. The van der Waals surface area contributed by atoms with E-state index in [2.05, 4.69) is 21.2 Å². The lowest BCUT2D eigenvalue weighted by Crippen LogP contribution is -2.43. The van der Waals surface area contributed by atoms with Crippen LogP contribution in [0.5, 0.6) is 5.75 Å². The Morgan fingerprint density at radius 2 is 2.08 bits per heavy atom. The minimum Gasteiger partial charge on any atom is -0.486 e. The Hall–Kier alpha value is -1.50. The number of halogens is 2. The summed E-state index contributed by atoms with van der Waals surface area (Å²) in [5.41, 5.74) is 0. The highest BCUT2D eigenvalue weighted by molar-refractivity contribution is 9.10. The molecular weight excluding hydrogens is 408 g/mol. The zero-order valence-electron chi connectivity index (χ0n) is 14.0. The first-order valence-electron chi connectivity index (χ1n) is 8.08. The van der Waals surface area contributed by atoms with Crippen LogP contribution in [0.3, 0.4) is 0 Å². The van der Waals surface area contributed by atoms with Crippen molar-refractivity contribution in [2.75, 3.05) is 20.1 Å². The van der Waals surface area contributed by atoms with Crippen LogP contribution in [0.1, 0.15) is 29.2 Å². The molecule has 1 aliphatic rings. The van der Waals surface area contributed by atoms with Crippen LogP contribution in [0.15, 0.2) is 45.3 Å². The first-order valence-corrected chi connectivity index (χ1v) is 8.88. The molecular formula is C18H22BrClN2O3. The largest absolute Gasteiger partial charge is 0.486 e. The van der Waals surface area contributed by atoms with Crippen molar-refractivity contribution in [3.05, 3.63) is 52.4 Å². The highest BCUT2D eigenvalue weighted by Gasteiger charge is 2.24. The van der Waals surface area contributed by atoms with Crippen molar-refractivity contribution >= 4 is 34.2 Å². The van der Waals surface area contributed by atoms with Gasteiger partial charge in [0.25, 0.3) is 5.91 Å². The summed E-state index contributed by atoms with van der Waals surface area (Å²) >= 11 is 3.41. The predicted octanol–water partition coefficient (Wildman–Crippen LogP) is 3.87. The summed E-state index contributed by atoms with van der Waals surface area (Å²) in [6.45, 7) is 2.19. The van der Waals surface area contributed by atoms with Crippen LogP contribution < -0.4 is 10.1 Å². The van der Waals surface area contributed by atoms with E-state index in [1.165, 1.54) is 0 Å². The van der Waals surface area contributed by atoms with E-state index < -0.39 is 0 Å². The lowest BCUT2D eigenvalue weighted by atomic mass is 10.1. The Labute approximate surface area is 162 Å². The van der Waals surface area contributed by atoms with Gasteiger partial charge in [0, 0.05) is 17.6 Å². The number of hydrogen-bond acceptors (Lipinski definition) is 4. The number of benzene rings is 1. The highest BCUT2D eigenvalue weighted by atomic mass is 79.9. The molecule has 1 amide bonds. The molecule has 1 aliphatic heterocycles. The van der Waals surface area contributed by atoms with E-state index >= 15 is 0 Å². The number of amides is 1. The van der Waals surface area contributed by atoms with Gasteiger partial charge < -0.3 is 19.4 Å². The van der Waals surface area contributed by atoms with E-state index in [0.29, 0.717) is 18.1 Å². The van der Waals surface area contributed by atoms with Crippen molar-refractivity contribution in [3.63, 3.8) is 0 Å². The van der Waals surface area contributed by atoms with Crippen molar-refractivity contribution < 1.29 is 13.9 Å². The molecule has 3 rings (SSSR count). The number of rotatable bonds is 5. The van der Waals surface area contributed by atoms with Crippen LogP contribution in [-0.2, 0) is 6.61 Å². The molecule has 1 aromatic carbocycles. The Morgan fingerprint density at radius 3 is 2.80 bits per heavy atom. The number of carbonyl (C=O) groups is 1. The van der Waals surface area contributed by atoms with Gasteiger partial charge in [-0.2, -0.15) is 0 Å². The third-order valence-electron chi connectivity index (χ3n) is 4.23. The van der Waals surface area contributed by atoms with Gasteiger partial charge in [-0.05, 0) is 56.3 Å². The van der Waals surface area contributed by atoms with Crippen LogP contribution in [0.25, 0.3) is 0 Å². The van der Waals surface area contributed by atoms with Crippen LogP contribution >= 0.6 is 28.3 Å². The third-order valence-corrected chi connectivity index (χ3v) is 4.72. The molecule has 25 heavy (non-hydrogen) atoms. The molecule has 0 atom stereocenters. The molecule has 0 bridgehead atoms. The topological polar surface area (TPSA) is 54.7 Å². The Kier molecular flexibility index (Phi) is 7.35. The summed E-state index contributed by atoms with van der Waals surface area (Å²) in [7, 11) is 1.85. The van der Waals surface area contributed by atoms with Gasteiger partial charge in [0.2, 0.25) is 0 Å². The van der Waals surface area contributed by atoms with Gasteiger partial charge >= 0.3 is 0 Å². The predicted molar refractivity (Wildman–Crippen MR) is 102 cm³/mol. The Morgan fingerprint density at radius 1 is 1.32 bits per heavy atom. The van der Waals surface area contributed by atoms with Gasteiger partial charge in [-0.1, -0.05) is 22.0 Å². The smallest absolute Gasteiger partial charge is 0.289 e. The van der Waals surface area contributed by atoms with Crippen LogP contribution in [0.4, 0.5) is 0 Å². The Bertz CT molecular complexity index is 701. The van der Waals surface area contributed by atoms with Gasteiger partial charge in [-0.3, -0.25) is 4.79 Å². The fraction of sp³-hybridized carbons (Fsp3) is 0.389. The Balaban J connectivity index is 0.00000225. The molecule has 0 aliphatic carbocycles. The van der Waals surface area contributed by atoms with Crippen molar-refractivity contribution in [1.29, 1.82) is 0 Å². The molecule has 2 heterocycles. The van der Waals surface area contributed by atoms with Gasteiger partial charge in [0.1, 0.15) is 18.1 Å². The summed E-state index contributed by atoms with van der Waals surface area (Å²) < 4.78 is 12.3. The maximum absolute atomic E-state index is 12.5. The number of nitrogens with one attached hydrogen (secondary N) is 1. The van der Waals surface area contributed by atoms with Gasteiger partial charge in [-0.15, -0.1) is 12.4 Å². The minimum absolute atomic E-state index is 0. The maximum atomic E-state index is 12.5. The van der Waals surface area contributed by atoms with E-state index in [1.54, 1.807) is 17.0 Å². The van der Waals surface area contributed by atoms with E-state index in [1.807, 2.05) is 31.3 Å². The van der Waals surface area contributed by atoms with Gasteiger partial charge in [0.05, 0.1) is 0 Å². The molecule has 5 nitrogen and oxygen atoms in total. The second kappa shape index (κ2) is 9.27. The summed E-state index contributed by atoms with van der Waals surface area (Å²) in [6.07, 6.45) is 1.95. The van der Waals surface area contributed by atoms with Crippen molar-refractivity contribution in [1.82, 2.24) is 10.2 Å². The van der Waals surface area contributed by atoms with Crippen LogP contribution in [0.2, 0.25) is 0 Å². The average molecular weight is 430 g/mol. The summed E-state index contributed by atoms with van der Waals surface area (Å²) in [5, 5.41) is 3.31. The lowest BCUT2D eigenvalue weighted by molar-refractivity contribution is 0.0667. The number of nitrogens with zero attached hydrogens (tertiary/aromatic N) is 1. The van der Waals surface area contributed by atoms with Crippen LogP contribution in [0, 0.1) is 0 Å². The normalized spacial score (nSPS) is 14.6. The van der Waals surface area contributed by atoms with E-state index in [0.717, 1.165) is 36.2 Å². The molecule has 1 aromatic heterocycles. The first-order chi connectivity index (χ1) is 11.6. The maximum Gasteiger partial charge on any atom is 0.289 e. The van der Waals surface area contributed by atoms with E-state index in [4.69, 9.17) is 9.15 Å². The van der Waals surface area contributed by atoms with Crippen molar-refractivity contribution in [2.24, 2.45) is 0 Å². The van der Waals surface area contributed by atoms with Crippen molar-refractivity contribution in [2.45, 2.75) is 25.5 Å². The average Bonchev–Trinajstić information content (AvgIpc) is 3.08. The van der Waals surface area contributed by atoms with Gasteiger partial charge in [-0.25, -0.2) is 0 Å². The van der Waals surface area contributed by atoms with Crippen molar-refractivity contribution in [3.8, 4) is 5.75 Å². The molecule has 1 fully saturated rings. The summed E-state index contributed by atoms with van der Waals surface area (Å²) in [6, 6.07) is 11.4. The number of ether oxygens (including phenoxy) is 1. The zero-order chi connectivity index (χ0) is 16.9. The quantitative estimate of drug-likeness (QED) is 0.784.